The van der Waals surface area contributed by atoms with Crippen LogP contribution in [0.2, 0.25) is 0 Å². The van der Waals surface area contributed by atoms with E-state index in [9.17, 15) is 30.6 Å². The van der Waals surface area contributed by atoms with Gasteiger partial charge >= 0.3 is 0 Å². The highest BCUT2D eigenvalue weighted by atomic mass is 16.7. The summed E-state index contributed by atoms with van der Waals surface area (Å²) in [6, 6.07) is 0. The van der Waals surface area contributed by atoms with Crippen molar-refractivity contribution in [1.29, 1.82) is 0 Å². The summed E-state index contributed by atoms with van der Waals surface area (Å²) < 4.78 is 15.3. The molecule has 23 heavy (non-hydrogen) atoms. The summed E-state index contributed by atoms with van der Waals surface area (Å²) in [5.41, 5.74) is 0. The van der Waals surface area contributed by atoms with E-state index < -0.39 is 74.6 Å². The normalized spacial score (nSPS) is 51.1. The van der Waals surface area contributed by atoms with Crippen LogP contribution in [0.3, 0.4) is 0 Å². The molecule has 2 aliphatic rings. The molecule has 2 saturated heterocycles. The summed E-state index contributed by atoms with van der Waals surface area (Å²) in [6.45, 7) is -2.32. The van der Waals surface area contributed by atoms with Crippen LogP contribution < -0.4 is 0 Å². The van der Waals surface area contributed by atoms with Crippen molar-refractivity contribution in [3.05, 3.63) is 0 Å². The highest BCUT2D eigenvalue weighted by Crippen LogP contribution is 2.33. The van der Waals surface area contributed by atoms with Crippen molar-refractivity contribution in [2.45, 2.75) is 54.8 Å². The SMILES string of the molecule is OC[C@@H]1O[C@H](O[C@@H]2[C@H](CO)O[C@@](O)(CO)[C@@H]2O)[C@@H](O)[C@H](O)[C@H]1O. The number of hydrogen-bond acceptors (Lipinski definition) is 11. The molecule has 0 aromatic heterocycles. The van der Waals surface area contributed by atoms with Gasteiger partial charge in [-0.25, -0.2) is 0 Å². The first kappa shape index (κ1) is 18.9. The van der Waals surface area contributed by atoms with E-state index in [4.69, 9.17) is 24.4 Å². The second-order valence-electron chi connectivity index (χ2n) is 5.58. The molecule has 0 amide bonds. The molecule has 0 aliphatic carbocycles. The van der Waals surface area contributed by atoms with Gasteiger partial charge in [0.2, 0.25) is 5.79 Å². The average Bonchev–Trinajstić information content (AvgIpc) is 2.80. The highest BCUT2D eigenvalue weighted by molar-refractivity contribution is 4.98. The van der Waals surface area contributed by atoms with Gasteiger partial charge in [0.15, 0.2) is 6.29 Å². The molecular formula is C12H22O11. The third-order valence-corrected chi connectivity index (χ3v) is 4.04. The Hall–Kier alpha value is -0.440. The first-order valence-corrected chi connectivity index (χ1v) is 7.05. The monoisotopic (exact) mass is 342 g/mol. The van der Waals surface area contributed by atoms with Crippen molar-refractivity contribution in [2.24, 2.45) is 0 Å². The van der Waals surface area contributed by atoms with Gasteiger partial charge in [-0.2, -0.15) is 0 Å². The molecule has 11 heteroatoms. The van der Waals surface area contributed by atoms with Crippen molar-refractivity contribution >= 4 is 0 Å². The van der Waals surface area contributed by atoms with Gasteiger partial charge < -0.3 is 55.1 Å². The predicted octanol–water partition coefficient (Wildman–Crippen LogP) is -5.40. The maximum absolute atomic E-state index is 10.00. The fraction of sp³-hybridized carbons (Fsp3) is 1.00. The van der Waals surface area contributed by atoms with Crippen LogP contribution in [-0.2, 0) is 14.2 Å². The molecule has 136 valence electrons. The summed E-state index contributed by atoms with van der Waals surface area (Å²) in [5, 5.41) is 76.5. The lowest BCUT2D eigenvalue weighted by Gasteiger charge is -2.41. The van der Waals surface area contributed by atoms with E-state index in [0.29, 0.717) is 0 Å². The predicted molar refractivity (Wildman–Crippen MR) is 68.6 cm³/mol. The standard InChI is InChI=1S/C12H22O11/c13-1-4-6(16)7(17)8(18)11(21-4)22-9-5(2-14)23-12(20,3-15)10(9)19/h4-11,13-20H,1-3H2/t4-,5-,6-,7+,8-,9+,10+,11+,12-/m0/s1. The molecule has 2 fully saturated rings. The van der Waals surface area contributed by atoms with Crippen molar-refractivity contribution in [1.82, 2.24) is 0 Å². The fourth-order valence-corrected chi connectivity index (χ4v) is 2.63. The summed E-state index contributed by atoms with van der Waals surface area (Å²) >= 11 is 0. The van der Waals surface area contributed by atoms with Crippen molar-refractivity contribution in [3.8, 4) is 0 Å². The Morgan fingerprint density at radius 1 is 0.870 bits per heavy atom. The second-order valence-corrected chi connectivity index (χ2v) is 5.58. The highest BCUT2D eigenvalue weighted by Gasteiger charge is 2.56. The van der Waals surface area contributed by atoms with E-state index in [1.165, 1.54) is 0 Å². The molecule has 0 aromatic rings. The second kappa shape index (κ2) is 7.21. The van der Waals surface area contributed by atoms with Crippen molar-refractivity contribution < 1.29 is 55.1 Å². The van der Waals surface area contributed by atoms with Gasteiger partial charge in [-0.1, -0.05) is 0 Å². The van der Waals surface area contributed by atoms with E-state index in [0.717, 1.165) is 0 Å². The molecule has 0 aromatic carbocycles. The third-order valence-electron chi connectivity index (χ3n) is 4.04. The topological polar surface area (TPSA) is 190 Å². The molecule has 0 saturated carbocycles. The molecule has 0 radical (unpaired) electrons. The summed E-state index contributed by atoms with van der Waals surface area (Å²) in [6.07, 6.45) is -12.2. The number of ether oxygens (including phenoxy) is 3. The van der Waals surface area contributed by atoms with Gasteiger partial charge in [0.1, 0.15) is 42.7 Å². The summed E-state index contributed by atoms with van der Waals surface area (Å²) in [5.74, 6) is -2.37. The zero-order valence-electron chi connectivity index (χ0n) is 12.0. The lowest BCUT2D eigenvalue weighted by Crippen LogP contribution is -2.60. The zero-order valence-corrected chi connectivity index (χ0v) is 12.0. The average molecular weight is 342 g/mol. The van der Waals surface area contributed by atoms with Crippen LogP contribution in [0, 0.1) is 0 Å². The molecule has 2 rings (SSSR count). The molecule has 2 heterocycles. The fourth-order valence-electron chi connectivity index (χ4n) is 2.63. The zero-order chi connectivity index (χ0) is 17.4. The van der Waals surface area contributed by atoms with Gasteiger partial charge in [-0.3, -0.25) is 0 Å². The lowest BCUT2D eigenvalue weighted by atomic mass is 9.99. The van der Waals surface area contributed by atoms with E-state index >= 15 is 0 Å². The molecular weight excluding hydrogens is 320 g/mol. The Morgan fingerprint density at radius 3 is 2.00 bits per heavy atom. The van der Waals surface area contributed by atoms with Crippen LogP contribution in [0.25, 0.3) is 0 Å². The van der Waals surface area contributed by atoms with Gasteiger partial charge in [0, 0.05) is 0 Å². The largest absolute Gasteiger partial charge is 0.394 e. The molecule has 11 nitrogen and oxygen atoms in total. The number of hydrogen-bond donors (Lipinski definition) is 8. The van der Waals surface area contributed by atoms with Gasteiger partial charge in [0.25, 0.3) is 0 Å². The Kier molecular flexibility index (Phi) is 5.92. The minimum atomic E-state index is -2.37. The van der Waals surface area contributed by atoms with Crippen LogP contribution in [0.4, 0.5) is 0 Å². The van der Waals surface area contributed by atoms with Crippen LogP contribution >= 0.6 is 0 Å². The van der Waals surface area contributed by atoms with Crippen LogP contribution in [0.5, 0.6) is 0 Å². The molecule has 0 bridgehead atoms. The first-order valence-electron chi connectivity index (χ1n) is 7.05. The van der Waals surface area contributed by atoms with Gasteiger partial charge in [-0.05, 0) is 0 Å². The molecule has 0 unspecified atom stereocenters. The Labute approximate surface area is 130 Å². The Bertz CT molecular complexity index is 393. The number of rotatable bonds is 5. The Morgan fingerprint density at radius 2 is 1.48 bits per heavy atom. The minimum absolute atomic E-state index is 0.668. The number of aliphatic hydroxyl groups excluding tert-OH is 7. The maximum Gasteiger partial charge on any atom is 0.219 e. The quantitative estimate of drug-likeness (QED) is 0.238. The molecule has 0 spiro atoms. The molecule has 8 N–H and O–H groups in total. The van der Waals surface area contributed by atoms with Gasteiger partial charge in [-0.15, -0.1) is 0 Å². The Balaban J connectivity index is 2.13. The smallest absolute Gasteiger partial charge is 0.219 e. The lowest BCUT2D eigenvalue weighted by molar-refractivity contribution is -0.318. The van der Waals surface area contributed by atoms with Gasteiger partial charge in [0.05, 0.1) is 19.8 Å². The third kappa shape index (κ3) is 3.36. The van der Waals surface area contributed by atoms with E-state index in [-0.39, 0.29) is 0 Å². The van der Waals surface area contributed by atoms with Crippen LogP contribution in [0.1, 0.15) is 0 Å². The molecule has 9 atom stereocenters. The van der Waals surface area contributed by atoms with Crippen LogP contribution in [-0.4, -0.2) is 115 Å². The van der Waals surface area contributed by atoms with Crippen LogP contribution in [0.15, 0.2) is 0 Å². The number of aliphatic hydroxyl groups is 8. The van der Waals surface area contributed by atoms with E-state index in [1.54, 1.807) is 0 Å². The van der Waals surface area contributed by atoms with E-state index in [2.05, 4.69) is 0 Å². The van der Waals surface area contributed by atoms with Crippen molar-refractivity contribution in [2.75, 3.05) is 19.8 Å². The van der Waals surface area contributed by atoms with E-state index in [1.807, 2.05) is 0 Å². The molecule has 2 aliphatic heterocycles. The summed E-state index contributed by atoms with van der Waals surface area (Å²) in [7, 11) is 0. The summed E-state index contributed by atoms with van der Waals surface area (Å²) in [4.78, 5) is 0. The van der Waals surface area contributed by atoms with Crippen molar-refractivity contribution in [3.63, 3.8) is 0 Å². The first-order chi connectivity index (χ1) is 10.8. The minimum Gasteiger partial charge on any atom is -0.394 e. The maximum atomic E-state index is 10.00.